The minimum Gasteiger partial charge on any atom is -0.308 e. The molecule has 0 aliphatic heterocycles. The van der Waals surface area contributed by atoms with Gasteiger partial charge >= 0.3 is 0 Å². The van der Waals surface area contributed by atoms with Crippen molar-refractivity contribution in [2.45, 2.75) is 27.7 Å². The van der Waals surface area contributed by atoms with Crippen molar-refractivity contribution in [2.24, 2.45) is 10.1 Å². The number of halogens is 1. The third kappa shape index (κ3) is 4.87. The molecule has 1 amide bonds. The van der Waals surface area contributed by atoms with Crippen molar-refractivity contribution < 1.29 is 9.18 Å². The van der Waals surface area contributed by atoms with E-state index in [0.717, 1.165) is 0 Å². The van der Waals surface area contributed by atoms with Gasteiger partial charge in [-0.1, -0.05) is 24.8 Å². The molecule has 0 spiro atoms. The fourth-order valence-corrected chi connectivity index (χ4v) is 1.94. The van der Waals surface area contributed by atoms with Crippen LogP contribution in [-0.4, -0.2) is 29.5 Å². The number of hydrogen-bond acceptors (Lipinski definition) is 4. The summed E-state index contributed by atoms with van der Waals surface area (Å²) in [5, 5.41) is 8.48. The van der Waals surface area contributed by atoms with Crippen LogP contribution in [0.3, 0.4) is 0 Å². The van der Waals surface area contributed by atoms with E-state index in [0.29, 0.717) is 28.5 Å². The number of carbonyl (C=O) groups excluding carboxylic acids is 1. The predicted molar refractivity (Wildman–Crippen MR) is 97.0 cm³/mol. The summed E-state index contributed by atoms with van der Waals surface area (Å²) in [4.78, 5) is 15.7. The van der Waals surface area contributed by atoms with Crippen molar-refractivity contribution in [1.82, 2.24) is 10.3 Å². The van der Waals surface area contributed by atoms with E-state index in [1.165, 1.54) is 18.1 Å². The topological polar surface area (TPSA) is 57.1 Å². The molecular formula is C18H23FN4O. The standard InChI is InChI=1S/C18H23FN4O/c1-7-17(15-10-8-9-11-16(15)19)23(12(2)3)22-14(5)21-18(24)13(4)20-6/h7-11H,2H2,1,3-6H3,(H,21,22,24). The second-order valence-corrected chi connectivity index (χ2v) is 5.15. The molecule has 0 aromatic heterocycles. The Morgan fingerprint density at radius 1 is 1.29 bits per heavy atom. The maximum atomic E-state index is 14.1. The Morgan fingerprint density at radius 2 is 1.92 bits per heavy atom. The number of hydrogen-bond donors (Lipinski definition) is 1. The SMILES string of the molecule is C=C(C)N(N=C(C)NC(=O)C(C)=NC)C(=CC)c1ccccc1F. The number of nitrogens with zero attached hydrogens (tertiary/aromatic N) is 3. The van der Waals surface area contributed by atoms with Crippen molar-refractivity contribution in [2.75, 3.05) is 7.05 Å². The van der Waals surface area contributed by atoms with Gasteiger partial charge in [0.1, 0.15) is 11.7 Å². The fraction of sp³-hybridized carbons (Fsp3) is 0.278. The summed E-state index contributed by atoms with van der Waals surface area (Å²) in [7, 11) is 1.54. The molecule has 128 valence electrons. The first kappa shape index (κ1) is 19.3. The molecule has 1 rings (SSSR count). The van der Waals surface area contributed by atoms with Crippen LogP contribution in [0, 0.1) is 5.82 Å². The first-order valence-corrected chi connectivity index (χ1v) is 7.48. The van der Waals surface area contributed by atoms with E-state index in [9.17, 15) is 9.18 Å². The lowest BCUT2D eigenvalue weighted by atomic mass is 10.1. The maximum absolute atomic E-state index is 14.1. The molecule has 0 atom stereocenters. The molecule has 0 fully saturated rings. The van der Waals surface area contributed by atoms with Gasteiger partial charge < -0.3 is 5.32 Å². The Morgan fingerprint density at radius 3 is 2.42 bits per heavy atom. The Kier molecular flexibility index (Phi) is 7.04. The molecule has 0 aliphatic carbocycles. The van der Waals surface area contributed by atoms with E-state index in [2.05, 4.69) is 22.0 Å². The average Bonchev–Trinajstić information content (AvgIpc) is 2.55. The van der Waals surface area contributed by atoms with E-state index in [4.69, 9.17) is 0 Å². The maximum Gasteiger partial charge on any atom is 0.270 e. The van der Waals surface area contributed by atoms with Crippen molar-refractivity contribution in [3.63, 3.8) is 0 Å². The lowest BCUT2D eigenvalue weighted by Crippen LogP contribution is -2.34. The summed E-state index contributed by atoms with van der Waals surface area (Å²) in [6, 6.07) is 6.42. The van der Waals surface area contributed by atoms with Gasteiger partial charge in [0, 0.05) is 18.3 Å². The molecule has 24 heavy (non-hydrogen) atoms. The summed E-state index contributed by atoms with van der Waals surface area (Å²) in [6.45, 7) is 10.7. The van der Waals surface area contributed by atoms with Crippen LogP contribution < -0.4 is 5.32 Å². The summed E-state index contributed by atoms with van der Waals surface area (Å²) >= 11 is 0. The Balaban J connectivity index is 3.18. The van der Waals surface area contributed by atoms with Gasteiger partial charge in [0.2, 0.25) is 0 Å². The molecule has 5 nitrogen and oxygen atoms in total. The number of hydrazone groups is 1. The zero-order valence-electron chi connectivity index (χ0n) is 14.7. The van der Waals surface area contributed by atoms with Crippen molar-refractivity contribution in [1.29, 1.82) is 0 Å². The average molecular weight is 330 g/mol. The quantitative estimate of drug-likeness (QED) is 0.510. The lowest BCUT2D eigenvalue weighted by molar-refractivity contribution is -0.113. The van der Waals surface area contributed by atoms with E-state index in [1.807, 2.05) is 0 Å². The number of amides is 1. The van der Waals surface area contributed by atoms with E-state index < -0.39 is 0 Å². The molecule has 0 heterocycles. The summed E-state index contributed by atoms with van der Waals surface area (Å²) < 4.78 is 14.1. The van der Waals surface area contributed by atoms with Crippen molar-refractivity contribution >= 4 is 23.2 Å². The van der Waals surface area contributed by atoms with Gasteiger partial charge in [-0.3, -0.25) is 9.79 Å². The summed E-state index contributed by atoms with van der Waals surface area (Å²) in [6.07, 6.45) is 1.74. The van der Waals surface area contributed by atoms with Crippen molar-refractivity contribution in [3.05, 3.63) is 54.0 Å². The van der Waals surface area contributed by atoms with Crippen LogP contribution in [0.1, 0.15) is 33.3 Å². The van der Waals surface area contributed by atoms with Crippen LogP contribution in [0.15, 0.2) is 52.7 Å². The molecule has 0 radical (unpaired) electrons. The van der Waals surface area contributed by atoms with Gasteiger partial charge in [-0.25, -0.2) is 9.40 Å². The molecule has 0 saturated heterocycles. The second-order valence-electron chi connectivity index (χ2n) is 5.15. The van der Waals surface area contributed by atoms with Gasteiger partial charge in [-0.05, 0) is 39.8 Å². The van der Waals surface area contributed by atoms with Gasteiger partial charge in [-0.15, -0.1) is 0 Å². The van der Waals surface area contributed by atoms with Crippen LogP contribution in [-0.2, 0) is 4.79 Å². The predicted octanol–water partition coefficient (Wildman–Crippen LogP) is 3.56. The lowest BCUT2D eigenvalue weighted by Gasteiger charge is -2.23. The van der Waals surface area contributed by atoms with E-state index in [-0.39, 0.29) is 11.7 Å². The molecule has 1 N–H and O–H groups in total. The highest BCUT2D eigenvalue weighted by Crippen LogP contribution is 2.25. The molecule has 1 aromatic rings. The number of allylic oxidation sites excluding steroid dienone is 2. The smallest absolute Gasteiger partial charge is 0.270 e. The highest BCUT2D eigenvalue weighted by molar-refractivity contribution is 6.40. The number of amidine groups is 1. The van der Waals surface area contributed by atoms with Crippen LogP contribution in [0.5, 0.6) is 0 Å². The zero-order chi connectivity index (χ0) is 18.3. The monoisotopic (exact) mass is 330 g/mol. The van der Waals surface area contributed by atoms with Crippen molar-refractivity contribution in [3.8, 4) is 0 Å². The molecular weight excluding hydrogens is 307 g/mol. The molecule has 0 unspecified atom stereocenters. The first-order chi connectivity index (χ1) is 11.3. The number of rotatable bonds is 5. The van der Waals surface area contributed by atoms with Crippen LogP contribution in [0.25, 0.3) is 5.70 Å². The van der Waals surface area contributed by atoms with Crippen LogP contribution in [0.2, 0.25) is 0 Å². The van der Waals surface area contributed by atoms with Gasteiger partial charge in [0.25, 0.3) is 5.91 Å². The third-order valence-electron chi connectivity index (χ3n) is 3.22. The highest BCUT2D eigenvalue weighted by atomic mass is 19.1. The molecule has 6 heteroatoms. The number of aliphatic imine (C=N–C) groups is 1. The third-order valence-corrected chi connectivity index (χ3v) is 3.22. The van der Waals surface area contributed by atoms with Gasteiger partial charge in [-0.2, -0.15) is 5.10 Å². The molecule has 1 aromatic carbocycles. The molecule has 0 saturated carbocycles. The normalized spacial score (nSPS) is 12.8. The molecule has 0 bridgehead atoms. The first-order valence-electron chi connectivity index (χ1n) is 7.48. The van der Waals surface area contributed by atoms with E-state index in [1.54, 1.807) is 52.0 Å². The summed E-state index contributed by atoms with van der Waals surface area (Å²) in [5.41, 5.74) is 1.86. The van der Waals surface area contributed by atoms with Gasteiger partial charge in [0.05, 0.1) is 11.4 Å². The highest BCUT2D eigenvalue weighted by Gasteiger charge is 2.16. The summed E-state index contributed by atoms with van der Waals surface area (Å²) in [5.74, 6) is -0.349. The number of benzene rings is 1. The fourth-order valence-electron chi connectivity index (χ4n) is 1.94. The Hall–Kier alpha value is -2.76. The van der Waals surface area contributed by atoms with E-state index >= 15 is 0 Å². The minimum atomic E-state index is -0.359. The van der Waals surface area contributed by atoms with Crippen LogP contribution >= 0.6 is 0 Å². The Labute approximate surface area is 142 Å². The largest absolute Gasteiger partial charge is 0.308 e. The second kappa shape index (κ2) is 8.76. The van der Waals surface area contributed by atoms with Gasteiger partial charge in [0.15, 0.2) is 0 Å². The zero-order valence-corrected chi connectivity index (χ0v) is 14.7. The Bertz CT molecular complexity index is 719. The van der Waals surface area contributed by atoms with Crippen LogP contribution in [0.4, 0.5) is 4.39 Å². The number of nitrogens with one attached hydrogen (secondary N) is 1. The molecule has 0 aliphatic rings. The number of carbonyl (C=O) groups is 1. The minimum absolute atomic E-state index is 0.340.